The Balaban J connectivity index is 1.44. The first-order valence-electron chi connectivity index (χ1n) is 9.86. The number of hydrogen-bond acceptors (Lipinski definition) is 4. The van der Waals surface area contributed by atoms with E-state index in [1.54, 1.807) is 12.3 Å². The maximum absolute atomic E-state index is 13.3. The van der Waals surface area contributed by atoms with Crippen molar-refractivity contribution in [2.45, 2.75) is 31.2 Å². The number of nitrogens with one attached hydrogen (secondary N) is 2. The molecule has 1 unspecified atom stereocenters. The molecule has 0 saturated heterocycles. The molecule has 158 valence electrons. The number of amides is 2. The Morgan fingerprint density at radius 2 is 1.81 bits per heavy atom. The molecule has 0 bridgehead atoms. The summed E-state index contributed by atoms with van der Waals surface area (Å²) in [6.07, 6.45) is 4.15. The third kappa shape index (κ3) is 5.09. The third-order valence-corrected chi connectivity index (χ3v) is 5.10. The van der Waals surface area contributed by atoms with Crippen LogP contribution >= 0.6 is 0 Å². The molecule has 1 atom stereocenters. The zero-order chi connectivity index (χ0) is 21.8. The Bertz CT molecular complexity index is 1110. The standard InChI is InChI=1S/C23H20F2N4O2/c24-23(25)8-6-18(12-23)28-22(31)20-11-16(7-9-27-20)21(30)29-19-10-17(13-26-14-19)15-4-2-1-3-5-15/h1-5,7,9-11,13-14,18H,6,8,12H2,(H,28,31)(H,29,30). The fraction of sp³-hybridized carbons (Fsp3) is 0.217. The molecule has 1 aliphatic rings. The summed E-state index contributed by atoms with van der Waals surface area (Å²) in [6.45, 7) is 0. The van der Waals surface area contributed by atoms with Crippen molar-refractivity contribution in [1.82, 2.24) is 15.3 Å². The van der Waals surface area contributed by atoms with E-state index in [1.165, 1.54) is 24.5 Å². The van der Waals surface area contributed by atoms with Gasteiger partial charge >= 0.3 is 0 Å². The maximum atomic E-state index is 13.3. The molecule has 8 heteroatoms. The van der Waals surface area contributed by atoms with Crippen molar-refractivity contribution >= 4 is 17.5 Å². The van der Waals surface area contributed by atoms with E-state index < -0.39 is 23.8 Å². The van der Waals surface area contributed by atoms with E-state index in [0.717, 1.165) is 11.1 Å². The molecule has 1 aliphatic carbocycles. The molecule has 1 aromatic carbocycles. The summed E-state index contributed by atoms with van der Waals surface area (Å²) in [5.41, 5.74) is 2.54. The Labute approximate surface area is 177 Å². The van der Waals surface area contributed by atoms with Gasteiger partial charge in [0.15, 0.2) is 0 Å². The predicted molar refractivity (Wildman–Crippen MR) is 112 cm³/mol. The minimum atomic E-state index is -2.75. The fourth-order valence-electron chi connectivity index (χ4n) is 3.53. The topological polar surface area (TPSA) is 84.0 Å². The van der Waals surface area contributed by atoms with Crippen LogP contribution in [0.25, 0.3) is 11.1 Å². The molecule has 2 amide bonds. The summed E-state index contributed by atoms with van der Waals surface area (Å²) >= 11 is 0. The molecule has 2 heterocycles. The first-order valence-corrected chi connectivity index (χ1v) is 9.86. The van der Waals surface area contributed by atoms with Gasteiger partial charge in [0.25, 0.3) is 11.8 Å². The van der Waals surface area contributed by atoms with Crippen LogP contribution in [0, 0.1) is 0 Å². The Morgan fingerprint density at radius 3 is 2.55 bits per heavy atom. The second kappa shape index (κ2) is 8.59. The van der Waals surface area contributed by atoms with Crippen molar-refractivity contribution in [2.24, 2.45) is 0 Å². The lowest BCUT2D eigenvalue weighted by atomic mass is 10.1. The lowest BCUT2D eigenvalue weighted by Crippen LogP contribution is -2.34. The van der Waals surface area contributed by atoms with Crippen LogP contribution in [0.15, 0.2) is 67.1 Å². The Kier molecular flexibility index (Phi) is 5.70. The van der Waals surface area contributed by atoms with Crippen LogP contribution < -0.4 is 10.6 Å². The van der Waals surface area contributed by atoms with E-state index in [-0.39, 0.29) is 30.5 Å². The fourth-order valence-corrected chi connectivity index (χ4v) is 3.53. The number of nitrogens with zero attached hydrogens (tertiary/aromatic N) is 2. The van der Waals surface area contributed by atoms with Gasteiger partial charge in [-0.3, -0.25) is 19.6 Å². The van der Waals surface area contributed by atoms with Crippen molar-refractivity contribution in [3.63, 3.8) is 0 Å². The van der Waals surface area contributed by atoms with Crippen molar-refractivity contribution in [2.75, 3.05) is 5.32 Å². The first-order chi connectivity index (χ1) is 14.9. The summed E-state index contributed by atoms with van der Waals surface area (Å²) in [7, 11) is 0. The average Bonchev–Trinajstić information content (AvgIpc) is 3.12. The largest absolute Gasteiger partial charge is 0.348 e. The monoisotopic (exact) mass is 422 g/mol. The molecule has 0 aliphatic heterocycles. The van der Waals surface area contributed by atoms with E-state index in [2.05, 4.69) is 20.6 Å². The van der Waals surface area contributed by atoms with Crippen molar-refractivity contribution < 1.29 is 18.4 Å². The van der Waals surface area contributed by atoms with Gasteiger partial charge in [-0.15, -0.1) is 0 Å². The van der Waals surface area contributed by atoms with Crippen LogP contribution in [0.1, 0.15) is 40.1 Å². The van der Waals surface area contributed by atoms with Crippen LogP contribution in [0.4, 0.5) is 14.5 Å². The van der Waals surface area contributed by atoms with Gasteiger partial charge in [0, 0.05) is 42.4 Å². The summed E-state index contributed by atoms with van der Waals surface area (Å²) in [5.74, 6) is -3.77. The quantitative estimate of drug-likeness (QED) is 0.642. The average molecular weight is 422 g/mol. The lowest BCUT2D eigenvalue weighted by Gasteiger charge is -2.13. The van der Waals surface area contributed by atoms with E-state index in [4.69, 9.17) is 0 Å². The SMILES string of the molecule is O=C(Nc1cncc(-c2ccccc2)c1)c1ccnc(C(=O)NC2CCC(F)(F)C2)c1. The molecular formula is C23H20F2N4O2. The zero-order valence-electron chi connectivity index (χ0n) is 16.5. The summed E-state index contributed by atoms with van der Waals surface area (Å²) < 4.78 is 26.7. The van der Waals surface area contributed by atoms with Crippen LogP contribution in [0.3, 0.4) is 0 Å². The molecule has 6 nitrogen and oxygen atoms in total. The minimum Gasteiger partial charge on any atom is -0.348 e. The normalized spacial score (nSPS) is 17.2. The van der Waals surface area contributed by atoms with Gasteiger partial charge in [-0.25, -0.2) is 8.78 Å². The number of carbonyl (C=O) groups excluding carboxylic acids is 2. The highest BCUT2D eigenvalue weighted by Crippen LogP contribution is 2.34. The minimum absolute atomic E-state index is 0.000900. The second-order valence-corrected chi connectivity index (χ2v) is 7.48. The van der Waals surface area contributed by atoms with Gasteiger partial charge in [-0.1, -0.05) is 30.3 Å². The van der Waals surface area contributed by atoms with Crippen LogP contribution in [-0.2, 0) is 0 Å². The van der Waals surface area contributed by atoms with E-state index in [0.29, 0.717) is 5.69 Å². The van der Waals surface area contributed by atoms with Crippen LogP contribution in [-0.4, -0.2) is 33.7 Å². The molecule has 0 spiro atoms. The second-order valence-electron chi connectivity index (χ2n) is 7.48. The van der Waals surface area contributed by atoms with Gasteiger partial charge in [-0.05, 0) is 30.2 Å². The molecule has 0 radical (unpaired) electrons. The number of alkyl halides is 2. The highest BCUT2D eigenvalue weighted by molar-refractivity contribution is 6.05. The first kappa shape index (κ1) is 20.6. The number of hydrogen-bond donors (Lipinski definition) is 2. The summed E-state index contributed by atoms with van der Waals surface area (Å²) in [5, 5.41) is 5.33. The van der Waals surface area contributed by atoms with Crippen LogP contribution in [0.2, 0.25) is 0 Å². The lowest BCUT2D eigenvalue weighted by molar-refractivity contribution is 0.00709. The molecule has 2 aromatic heterocycles. The van der Waals surface area contributed by atoms with Crippen molar-refractivity contribution in [3.05, 3.63) is 78.4 Å². The molecule has 4 rings (SSSR count). The Morgan fingerprint density at radius 1 is 1.00 bits per heavy atom. The van der Waals surface area contributed by atoms with Gasteiger partial charge < -0.3 is 10.6 Å². The molecule has 31 heavy (non-hydrogen) atoms. The molecule has 2 N–H and O–H groups in total. The number of rotatable bonds is 5. The number of carbonyl (C=O) groups is 2. The number of benzene rings is 1. The maximum Gasteiger partial charge on any atom is 0.270 e. The molecule has 1 saturated carbocycles. The van der Waals surface area contributed by atoms with Gasteiger partial charge in [0.2, 0.25) is 5.92 Å². The highest BCUT2D eigenvalue weighted by Gasteiger charge is 2.40. The third-order valence-electron chi connectivity index (χ3n) is 5.10. The van der Waals surface area contributed by atoms with Gasteiger partial charge in [-0.2, -0.15) is 0 Å². The van der Waals surface area contributed by atoms with Crippen LogP contribution in [0.5, 0.6) is 0 Å². The summed E-state index contributed by atoms with van der Waals surface area (Å²) in [4.78, 5) is 33.2. The van der Waals surface area contributed by atoms with Crippen molar-refractivity contribution in [3.8, 4) is 11.1 Å². The van der Waals surface area contributed by atoms with Crippen molar-refractivity contribution in [1.29, 1.82) is 0 Å². The Hall–Kier alpha value is -3.68. The highest BCUT2D eigenvalue weighted by atomic mass is 19.3. The number of anilines is 1. The number of aromatic nitrogens is 2. The number of pyridine rings is 2. The molecule has 3 aromatic rings. The van der Waals surface area contributed by atoms with Gasteiger partial charge in [0.05, 0.1) is 11.9 Å². The van der Waals surface area contributed by atoms with E-state index in [1.807, 2.05) is 30.3 Å². The smallest absolute Gasteiger partial charge is 0.270 e. The van der Waals surface area contributed by atoms with Gasteiger partial charge in [0.1, 0.15) is 5.69 Å². The van der Waals surface area contributed by atoms with E-state index >= 15 is 0 Å². The zero-order valence-corrected chi connectivity index (χ0v) is 16.5. The predicted octanol–water partition coefficient (Wildman–Crippen LogP) is 4.31. The molecule has 1 fully saturated rings. The molecular weight excluding hydrogens is 402 g/mol. The summed E-state index contributed by atoms with van der Waals surface area (Å²) in [6, 6.07) is 13.6. The van der Waals surface area contributed by atoms with E-state index in [9.17, 15) is 18.4 Å². The number of halogens is 2.